The third-order valence-corrected chi connectivity index (χ3v) is 3.57. The summed E-state index contributed by atoms with van der Waals surface area (Å²) in [6, 6.07) is 9.55. The number of fused-ring (bicyclic) bond motifs is 1. The van der Waals surface area contributed by atoms with Gasteiger partial charge in [0.2, 0.25) is 5.89 Å². The molecule has 128 valence electrons. The molecular weight excluding hydrogens is 346 g/mol. The summed E-state index contributed by atoms with van der Waals surface area (Å²) in [5.41, 5.74) is 0.290. The highest BCUT2D eigenvalue weighted by atomic mass is 35.5. The Labute approximate surface area is 148 Å². The minimum absolute atomic E-state index is 0.101. The minimum Gasteiger partial charge on any atom is -0.493 e. The van der Waals surface area contributed by atoms with Crippen LogP contribution >= 0.6 is 11.6 Å². The molecule has 0 radical (unpaired) electrons. The molecule has 0 unspecified atom stereocenters. The van der Waals surface area contributed by atoms with Crippen LogP contribution in [0, 0.1) is 0 Å². The van der Waals surface area contributed by atoms with E-state index in [1.54, 1.807) is 30.3 Å². The Hall–Kier alpha value is -2.86. The van der Waals surface area contributed by atoms with E-state index in [4.69, 9.17) is 25.5 Å². The number of ether oxygens (including phenoxy) is 2. The molecule has 6 nitrogen and oxygen atoms in total. The molecule has 0 bridgehead atoms. The fraction of sp³-hybridized carbons (Fsp3) is 0.167. The number of nitrogens with zero attached hydrogens (tertiary/aromatic N) is 1. The second-order valence-electron chi connectivity index (χ2n) is 5.15. The Balaban J connectivity index is 2.15. The van der Waals surface area contributed by atoms with E-state index in [1.807, 2.05) is 6.92 Å². The van der Waals surface area contributed by atoms with Crippen LogP contribution in [0.2, 0.25) is 5.02 Å². The van der Waals surface area contributed by atoms with Gasteiger partial charge in [0.05, 0.1) is 23.1 Å². The van der Waals surface area contributed by atoms with Crippen molar-refractivity contribution in [3.05, 3.63) is 51.8 Å². The smallest absolute Gasteiger partial charge is 0.347 e. The summed E-state index contributed by atoms with van der Waals surface area (Å²) in [6.45, 7) is 3.57. The average molecular weight is 360 g/mol. The molecule has 0 saturated carbocycles. The van der Waals surface area contributed by atoms with E-state index in [9.17, 15) is 9.59 Å². The third kappa shape index (κ3) is 3.64. The minimum atomic E-state index is -0.601. The van der Waals surface area contributed by atoms with Crippen molar-refractivity contribution in [3.63, 3.8) is 0 Å². The summed E-state index contributed by atoms with van der Waals surface area (Å²) in [6.07, 6.45) is 0. The molecular formula is C18H14ClNO5. The van der Waals surface area contributed by atoms with Gasteiger partial charge in [0.25, 0.3) is 0 Å². The first kappa shape index (κ1) is 17.0. The molecule has 0 fully saturated rings. The van der Waals surface area contributed by atoms with Crippen LogP contribution in [0.3, 0.4) is 0 Å². The second kappa shape index (κ2) is 6.94. The maximum atomic E-state index is 12.3. The molecule has 3 aromatic rings. The lowest BCUT2D eigenvalue weighted by Crippen LogP contribution is -2.06. The van der Waals surface area contributed by atoms with Gasteiger partial charge in [-0.25, -0.2) is 9.78 Å². The molecule has 0 saturated heterocycles. The van der Waals surface area contributed by atoms with Crippen molar-refractivity contribution < 1.29 is 18.7 Å². The van der Waals surface area contributed by atoms with E-state index >= 15 is 0 Å². The maximum Gasteiger partial charge on any atom is 0.347 e. The summed E-state index contributed by atoms with van der Waals surface area (Å²) in [5.74, 6) is 0.385. The van der Waals surface area contributed by atoms with Gasteiger partial charge in [0, 0.05) is 11.9 Å². The van der Waals surface area contributed by atoms with Gasteiger partial charge in [0.15, 0.2) is 0 Å². The molecule has 25 heavy (non-hydrogen) atoms. The van der Waals surface area contributed by atoms with Crippen LogP contribution < -0.4 is 15.1 Å². The molecule has 0 N–H and O–H groups in total. The van der Waals surface area contributed by atoms with Crippen LogP contribution in [0.5, 0.6) is 11.5 Å². The van der Waals surface area contributed by atoms with Crippen molar-refractivity contribution >= 4 is 28.5 Å². The standard InChI is InChI=1S/C18H14ClNO5/c1-3-23-16-7-4-11(19)8-14(16)17-20-15-6-5-12(24-10(2)21)9-13(15)18(22)25-17/h4-9H,3H2,1-2H3. The Morgan fingerprint density at radius 3 is 2.76 bits per heavy atom. The average Bonchev–Trinajstić information content (AvgIpc) is 2.56. The van der Waals surface area contributed by atoms with Crippen molar-refractivity contribution in [2.75, 3.05) is 6.61 Å². The summed E-state index contributed by atoms with van der Waals surface area (Å²) in [4.78, 5) is 27.7. The van der Waals surface area contributed by atoms with Crippen molar-refractivity contribution in [2.24, 2.45) is 0 Å². The third-order valence-electron chi connectivity index (χ3n) is 3.33. The van der Waals surface area contributed by atoms with E-state index < -0.39 is 11.6 Å². The highest BCUT2D eigenvalue weighted by Gasteiger charge is 2.15. The number of rotatable bonds is 4. The molecule has 1 heterocycles. The fourth-order valence-electron chi connectivity index (χ4n) is 2.35. The second-order valence-corrected chi connectivity index (χ2v) is 5.59. The number of benzene rings is 2. The van der Waals surface area contributed by atoms with Crippen LogP contribution in [0.15, 0.2) is 45.6 Å². The van der Waals surface area contributed by atoms with E-state index in [0.29, 0.717) is 28.5 Å². The SMILES string of the molecule is CCOc1ccc(Cl)cc1-c1nc2ccc(OC(C)=O)cc2c(=O)o1. The first-order valence-corrected chi connectivity index (χ1v) is 7.91. The lowest BCUT2D eigenvalue weighted by Gasteiger charge is -2.09. The summed E-state index contributed by atoms with van der Waals surface area (Å²) in [5, 5.41) is 0.677. The number of carbonyl (C=O) groups excluding carboxylic acids is 1. The largest absolute Gasteiger partial charge is 0.493 e. The Morgan fingerprint density at radius 1 is 1.24 bits per heavy atom. The molecule has 0 aliphatic carbocycles. The van der Waals surface area contributed by atoms with Crippen LogP contribution in [-0.4, -0.2) is 17.6 Å². The van der Waals surface area contributed by atoms with Gasteiger partial charge in [-0.1, -0.05) is 11.6 Å². The van der Waals surface area contributed by atoms with Crippen molar-refractivity contribution in [1.82, 2.24) is 4.98 Å². The van der Waals surface area contributed by atoms with Crippen LogP contribution in [0.25, 0.3) is 22.4 Å². The van der Waals surface area contributed by atoms with E-state index in [2.05, 4.69) is 4.98 Å². The zero-order valence-electron chi connectivity index (χ0n) is 13.5. The molecule has 0 spiro atoms. The monoisotopic (exact) mass is 359 g/mol. The quantitative estimate of drug-likeness (QED) is 0.520. The van der Waals surface area contributed by atoms with E-state index in [1.165, 1.54) is 13.0 Å². The van der Waals surface area contributed by atoms with Gasteiger partial charge in [-0.05, 0) is 43.3 Å². The highest BCUT2D eigenvalue weighted by molar-refractivity contribution is 6.30. The van der Waals surface area contributed by atoms with E-state index in [-0.39, 0.29) is 17.0 Å². The van der Waals surface area contributed by atoms with Crippen LogP contribution in [0.1, 0.15) is 13.8 Å². The van der Waals surface area contributed by atoms with Crippen LogP contribution in [0.4, 0.5) is 0 Å². The summed E-state index contributed by atoms with van der Waals surface area (Å²) < 4.78 is 15.9. The number of halogens is 1. The Bertz CT molecular complexity index is 1010. The predicted octanol–water partition coefficient (Wildman–Crippen LogP) is 3.83. The first-order valence-electron chi connectivity index (χ1n) is 7.54. The topological polar surface area (TPSA) is 78.6 Å². The molecule has 2 aromatic carbocycles. The molecule has 1 aromatic heterocycles. The zero-order valence-corrected chi connectivity index (χ0v) is 14.3. The lowest BCUT2D eigenvalue weighted by atomic mass is 10.2. The van der Waals surface area contributed by atoms with E-state index in [0.717, 1.165) is 0 Å². The zero-order chi connectivity index (χ0) is 18.0. The predicted molar refractivity (Wildman–Crippen MR) is 93.2 cm³/mol. The summed E-state index contributed by atoms with van der Waals surface area (Å²) in [7, 11) is 0. The van der Waals surface area contributed by atoms with Gasteiger partial charge in [-0.15, -0.1) is 0 Å². The lowest BCUT2D eigenvalue weighted by molar-refractivity contribution is -0.131. The molecule has 3 rings (SSSR count). The van der Waals surface area contributed by atoms with Crippen molar-refractivity contribution in [3.8, 4) is 23.0 Å². The highest BCUT2D eigenvalue weighted by Crippen LogP contribution is 2.32. The maximum absolute atomic E-state index is 12.3. The van der Waals surface area contributed by atoms with Gasteiger partial charge in [-0.3, -0.25) is 4.79 Å². The number of esters is 1. The van der Waals surface area contributed by atoms with Gasteiger partial charge in [0.1, 0.15) is 11.5 Å². The molecule has 0 aliphatic heterocycles. The molecule has 0 aliphatic rings. The summed E-state index contributed by atoms with van der Waals surface area (Å²) >= 11 is 6.04. The van der Waals surface area contributed by atoms with Gasteiger partial charge < -0.3 is 13.9 Å². The number of carbonyl (C=O) groups is 1. The van der Waals surface area contributed by atoms with Crippen molar-refractivity contribution in [2.45, 2.75) is 13.8 Å². The van der Waals surface area contributed by atoms with Crippen molar-refractivity contribution in [1.29, 1.82) is 0 Å². The van der Waals surface area contributed by atoms with Gasteiger partial charge >= 0.3 is 11.6 Å². The Morgan fingerprint density at radius 2 is 2.04 bits per heavy atom. The number of aromatic nitrogens is 1. The fourth-order valence-corrected chi connectivity index (χ4v) is 2.52. The molecule has 7 heteroatoms. The first-order chi connectivity index (χ1) is 12.0. The Kier molecular flexibility index (Phi) is 4.72. The molecule has 0 atom stereocenters. The van der Waals surface area contributed by atoms with Crippen LogP contribution in [-0.2, 0) is 4.79 Å². The number of hydrogen-bond acceptors (Lipinski definition) is 6. The van der Waals surface area contributed by atoms with Gasteiger partial charge in [-0.2, -0.15) is 0 Å². The number of hydrogen-bond donors (Lipinski definition) is 0. The molecule has 0 amide bonds. The normalized spacial score (nSPS) is 10.7.